The minimum absolute atomic E-state index is 0.0740. The monoisotopic (exact) mass is 293 g/mol. The van der Waals surface area contributed by atoms with E-state index in [0.29, 0.717) is 12.0 Å². The Labute approximate surface area is 128 Å². The Bertz CT molecular complexity index is 404. The highest BCUT2D eigenvalue weighted by atomic mass is 19.1. The third-order valence-electron chi connectivity index (χ3n) is 4.25. The highest BCUT2D eigenvalue weighted by molar-refractivity contribution is 5.17. The Morgan fingerprint density at radius 3 is 2.95 bits per heavy atom. The lowest BCUT2D eigenvalue weighted by Crippen LogP contribution is -2.26. The zero-order valence-corrected chi connectivity index (χ0v) is 13.1. The number of ether oxygens (including phenoxy) is 1. The van der Waals surface area contributed by atoms with Gasteiger partial charge >= 0.3 is 0 Å². The Hall–Kier alpha value is -0.930. The summed E-state index contributed by atoms with van der Waals surface area (Å²) in [5, 5.41) is 3.49. The largest absolute Gasteiger partial charge is 0.378 e. The SMILES string of the molecule is CCCNCC(CCC1CCCO1)Cc1ccccc1F. The number of rotatable bonds is 9. The lowest BCUT2D eigenvalue weighted by atomic mass is 9.92. The molecule has 1 heterocycles. The smallest absolute Gasteiger partial charge is 0.126 e. The van der Waals surface area contributed by atoms with Crippen molar-refractivity contribution in [3.05, 3.63) is 35.6 Å². The van der Waals surface area contributed by atoms with Crippen LogP contribution in [0.3, 0.4) is 0 Å². The van der Waals surface area contributed by atoms with Crippen LogP contribution >= 0.6 is 0 Å². The third kappa shape index (κ3) is 5.76. The minimum Gasteiger partial charge on any atom is -0.378 e. The predicted molar refractivity (Wildman–Crippen MR) is 85.0 cm³/mol. The molecule has 0 aromatic heterocycles. The van der Waals surface area contributed by atoms with Crippen LogP contribution in [-0.2, 0) is 11.2 Å². The van der Waals surface area contributed by atoms with Crippen molar-refractivity contribution >= 4 is 0 Å². The van der Waals surface area contributed by atoms with E-state index in [0.717, 1.165) is 50.9 Å². The zero-order valence-electron chi connectivity index (χ0n) is 13.1. The second-order valence-corrected chi connectivity index (χ2v) is 6.08. The summed E-state index contributed by atoms with van der Waals surface area (Å²) in [6, 6.07) is 7.16. The van der Waals surface area contributed by atoms with Crippen LogP contribution in [0.25, 0.3) is 0 Å². The maximum atomic E-state index is 13.8. The molecule has 0 saturated carbocycles. The molecule has 0 aliphatic carbocycles. The molecule has 1 N–H and O–H groups in total. The number of benzene rings is 1. The molecule has 1 aliphatic rings. The van der Waals surface area contributed by atoms with Crippen LogP contribution in [0.4, 0.5) is 4.39 Å². The molecule has 1 aromatic rings. The quantitative estimate of drug-likeness (QED) is 0.696. The lowest BCUT2D eigenvalue weighted by Gasteiger charge is -2.20. The fraction of sp³-hybridized carbons (Fsp3) is 0.667. The van der Waals surface area contributed by atoms with Crippen molar-refractivity contribution < 1.29 is 9.13 Å². The predicted octanol–water partition coefficient (Wildman–Crippen LogP) is 3.94. The van der Waals surface area contributed by atoms with Gasteiger partial charge in [0, 0.05) is 6.61 Å². The van der Waals surface area contributed by atoms with Crippen molar-refractivity contribution in [3.8, 4) is 0 Å². The van der Waals surface area contributed by atoms with E-state index in [1.54, 1.807) is 12.1 Å². The summed E-state index contributed by atoms with van der Waals surface area (Å²) in [6.07, 6.45) is 6.97. The Balaban J connectivity index is 1.86. The van der Waals surface area contributed by atoms with Crippen molar-refractivity contribution in [1.29, 1.82) is 0 Å². The molecule has 2 atom stereocenters. The van der Waals surface area contributed by atoms with Gasteiger partial charge in [-0.2, -0.15) is 0 Å². The fourth-order valence-electron chi connectivity index (χ4n) is 3.03. The van der Waals surface area contributed by atoms with E-state index < -0.39 is 0 Å². The van der Waals surface area contributed by atoms with Crippen molar-refractivity contribution in [2.24, 2.45) is 5.92 Å². The Kier molecular flexibility index (Phi) is 7.17. The van der Waals surface area contributed by atoms with Gasteiger partial charge in [-0.1, -0.05) is 25.1 Å². The molecule has 1 fully saturated rings. The van der Waals surface area contributed by atoms with Crippen LogP contribution < -0.4 is 5.32 Å². The molecule has 2 rings (SSSR count). The van der Waals surface area contributed by atoms with E-state index in [9.17, 15) is 4.39 Å². The summed E-state index contributed by atoms with van der Waals surface area (Å²) in [4.78, 5) is 0. The number of halogens is 1. The third-order valence-corrected chi connectivity index (χ3v) is 4.25. The molecule has 118 valence electrons. The molecule has 1 saturated heterocycles. The highest BCUT2D eigenvalue weighted by Gasteiger charge is 2.19. The van der Waals surface area contributed by atoms with E-state index in [1.807, 2.05) is 12.1 Å². The van der Waals surface area contributed by atoms with Crippen molar-refractivity contribution in [3.63, 3.8) is 0 Å². The van der Waals surface area contributed by atoms with E-state index in [1.165, 1.54) is 12.8 Å². The summed E-state index contributed by atoms with van der Waals surface area (Å²) in [5.74, 6) is 0.410. The molecular formula is C18H28FNO. The van der Waals surface area contributed by atoms with Crippen molar-refractivity contribution in [2.45, 2.75) is 51.6 Å². The van der Waals surface area contributed by atoms with Gasteiger partial charge in [0.1, 0.15) is 5.82 Å². The maximum Gasteiger partial charge on any atom is 0.126 e. The highest BCUT2D eigenvalue weighted by Crippen LogP contribution is 2.22. The van der Waals surface area contributed by atoms with Crippen LogP contribution in [0, 0.1) is 11.7 Å². The van der Waals surface area contributed by atoms with Gasteiger partial charge in [-0.15, -0.1) is 0 Å². The first kappa shape index (κ1) is 16.4. The molecule has 3 heteroatoms. The topological polar surface area (TPSA) is 21.3 Å². The molecule has 2 nitrogen and oxygen atoms in total. The van der Waals surface area contributed by atoms with Crippen LogP contribution in [0.5, 0.6) is 0 Å². The number of hydrogen-bond donors (Lipinski definition) is 1. The summed E-state index contributed by atoms with van der Waals surface area (Å²) in [5.41, 5.74) is 0.841. The number of hydrogen-bond acceptors (Lipinski definition) is 2. The van der Waals surface area contributed by atoms with Crippen LogP contribution in [0.2, 0.25) is 0 Å². The van der Waals surface area contributed by atoms with Crippen molar-refractivity contribution in [1.82, 2.24) is 5.32 Å². The molecule has 1 aliphatic heterocycles. The van der Waals surface area contributed by atoms with Gasteiger partial charge < -0.3 is 10.1 Å². The van der Waals surface area contributed by atoms with Crippen molar-refractivity contribution in [2.75, 3.05) is 19.7 Å². The molecule has 2 unspecified atom stereocenters. The Morgan fingerprint density at radius 2 is 2.24 bits per heavy atom. The van der Waals surface area contributed by atoms with Crippen LogP contribution in [-0.4, -0.2) is 25.8 Å². The van der Waals surface area contributed by atoms with Gasteiger partial charge in [-0.05, 0) is 69.2 Å². The summed E-state index contributed by atoms with van der Waals surface area (Å²) in [6.45, 7) is 5.09. The second-order valence-electron chi connectivity index (χ2n) is 6.08. The Morgan fingerprint density at radius 1 is 1.38 bits per heavy atom. The first-order valence-corrected chi connectivity index (χ1v) is 8.35. The summed E-state index contributed by atoms with van der Waals surface area (Å²) >= 11 is 0. The van der Waals surface area contributed by atoms with Gasteiger partial charge in [0.25, 0.3) is 0 Å². The molecule has 0 amide bonds. The van der Waals surface area contributed by atoms with Gasteiger partial charge in [-0.3, -0.25) is 0 Å². The van der Waals surface area contributed by atoms with Gasteiger partial charge in [0.15, 0.2) is 0 Å². The first-order chi connectivity index (χ1) is 10.3. The van der Waals surface area contributed by atoms with Crippen LogP contribution in [0.1, 0.15) is 44.6 Å². The van der Waals surface area contributed by atoms with Crippen LogP contribution in [0.15, 0.2) is 24.3 Å². The van der Waals surface area contributed by atoms with Gasteiger partial charge in [0.05, 0.1) is 6.10 Å². The number of nitrogens with one attached hydrogen (secondary N) is 1. The van der Waals surface area contributed by atoms with E-state index in [-0.39, 0.29) is 5.82 Å². The molecule has 1 aromatic carbocycles. The molecule has 0 spiro atoms. The molecule has 21 heavy (non-hydrogen) atoms. The molecule has 0 bridgehead atoms. The molecule has 0 radical (unpaired) electrons. The fourth-order valence-corrected chi connectivity index (χ4v) is 3.03. The van der Waals surface area contributed by atoms with Gasteiger partial charge in [0.2, 0.25) is 0 Å². The maximum absolute atomic E-state index is 13.8. The van der Waals surface area contributed by atoms with E-state index in [4.69, 9.17) is 4.74 Å². The second kappa shape index (κ2) is 9.16. The lowest BCUT2D eigenvalue weighted by molar-refractivity contribution is 0.0979. The van der Waals surface area contributed by atoms with E-state index >= 15 is 0 Å². The average molecular weight is 293 g/mol. The first-order valence-electron chi connectivity index (χ1n) is 8.35. The molecular weight excluding hydrogens is 265 g/mol. The average Bonchev–Trinajstić information content (AvgIpc) is 3.00. The van der Waals surface area contributed by atoms with Gasteiger partial charge in [-0.25, -0.2) is 4.39 Å². The van der Waals surface area contributed by atoms with E-state index in [2.05, 4.69) is 12.2 Å². The summed E-state index contributed by atoms with van der Waals surface area (Å²) in [7, 11) is 0. The standard InChI is InChI=1S/C18H28FNO/c1-2-11-20-14-15(9-10-17-7-5-12-21-17)13-16-6-3-4-8-18(16)19/h3-4,6,8,15,17,20H,2,5,7,9-14H2,1H3. The normalized spacial score (nSPS) is 19.8. The minimum atomic E-state index is -0.0740. The zero-order chi connectivity index (χ0) is 14.9. The summed E-state index contributed by atoms with van der Waals surface area (Å²) < 4.78 is 19.5.